The topological polar surface area (TPSA) is 69.7 Å². The number of nitrogens with zero attached hydrogens (tertiary/aromatic N) is 2. The monoisotopic (exact) mass is 839 g/mol. The average molecular weight is 839 g/mol. The smallest absolute Gasteiger partial charge is 0.192 e. The Morgan fingerprint density at radius 1 is 0.685 bits per heavy atom. The molecule has 1 atom stereocenters. The SMILES string of the molecule is CCOC(COP(N(C(C)C)C(C)C)N(C(C)C)C(C)C)OCCSC(=O)CCCCCCC(CC)(CO[Si](C)(C)C(C)(C)C)CO[Si](C)(C)C(C)(C)C. The van der Waals surface area contributed by atoms with Gasteiger partial charge >= 0.3 is 0 Å². The lowest BCUT2D eigenvalue weighted by atomic mass is 9.81. The molecule has 0 spiro atoms. The Labute approximate surface area is 344 Å². The molecule has 0 aromatic carbocycles. The van der Waals surface area contributed by atoms with Crippen molar-refractivity contribution in [1.82, 2.24) is 9.34 Å². The highest BCUT2D eigenvalue weighted by Crippen LogP contribution is 2.51. The van der Waals surface area contributed by atoms with Crippen LogP contribution in [-0.2, 0) is 27.6 Å². The van der Waals surface area contributed by atoms with Gasteiger partial charge in [0.25, 0.3) is 0 Å². The van der Waals surface area contributed by atoms with Crippen molar-refractivity contribution in [3.63, 3.8) is 0 Å². The second kappa shape index (κ2) is 25.3. The molecule has 0 heterocycles. The molecule has 0 saturated heterocycles. The molecule has 0 fully saturated rings. The summed E-state index contributed by atoms with van der Waals surface area (Å²) >= 11 is 1.38. The molecule has 0 aromatic rings. The molecule has 0 N–H and O–H groups in total. The second-order valence-corrected chi connectivity index (χ2v) is 32.0. The zero-order valence-corrected chi connectivity index (χ0v) is 43.0. The first kappa shape index (κ1) is 54.6. The van der Waals surface area contributed by atoms with E-state index in [1.807, 2.05) is 6.92 Å². The summed E-state index contributed by atoms with van der Waals surface area (Å²) in [5.74, 6) is 0.618. The van der Waals surface area contributed by atoms with Crippen molar-refractivity contribution in [3.8, 4) is 0 Å². The van der Waals surface area contributed by atoms with Crippen molar-refractivity contribution in [2.24, 2.45) is 5.41 Å². The maximum Gasteiger partial charge on any atom is 0.192 e. The summed E-state index contributed by atoms with van der Waals surface area (Å²) < 4.78 is 37.4. The Morgan fingerprint density at radius 3 is 1.52 bits per heavy atom. The number of hydrogen-bond donors (Lipinski definition) is 0. The van der Waals surface area contributed by atoms with E-state index in [4.69, 9.17) is 22.8 Å². The highest BCUT2D eigenvalue weighted by atomic mass is 32.2. The van der Waals surface area contributed by atoms with E-state index in [2.05, 4.69) is 139 Å². The molecule has 12 heteroatoms. The third kappa shape index (κ3) is 19.6. The summed E-state index contributed by atoms with van der Waals surface area (Å²) in [6.07, 6.45) is 6.53. The van der Waals surface area contributed by atoms with Gasteiger partial charge in [0.1, 0.15) is 6.61 Å². The predicted octanol–water partition coefficient (Wildman–Crippen LogP) is 12.9. The number of thioether (sulfide) groups is 1. The van der Waals surface area contributed by atoms with Crippen molar-refractivity contribution in [2.45, 2.75) is 222 Å². The van der Waals surface area contributed by atoms with E-state index in [0.717, 1.165) is 51.7 Å². The first-order valence-corrected chi connectivity index (χ1v) is 29.3. The lowest BCUT2D eigenvalue weighted by Crippen LogP contribution is -2.48. The maximum atomic E-state index is 12.8. The highest BCUT2D eigenvalue weighted by molar-refractivity contribution is 8.13. The maximum absolute atomic E-state index is 12.8. The lowest BCUT2D eigenvalue weighted by molar-refractivity contribution is -0.152. The van der Waals surface area contributed by atoms with Crippen molar-refractivity contribution >= 4 is 42.0 Å². The average Bonchev–Trinajstić information content (AvgIpc) is 3.02. The molecule has 8 nitrogen and oxygen atoms in total. The van der Waals surface area contributed by atoms with Gasteiger partial charge in [-0.05, 0) is 118 Å². The number of carbonyl (C=O) groups is 1. The van der Waals surface area contributed by atoms with Gasteiger partial charge in [0.05, 0.1) is 6.61 Å². The first-order chi connectivity index (χ1) is 24.7. The molecule has 0 aliphatic carbocycles. The van der Waals surface area contributed by atoms with Crippen molar-refractivity contribution < 1.29 is 27.6 Å². The quantitative estimate of drug-likeness (QED) is 0.0317. The van der Waals surface area contributed by atoms with E-state index in [1.54, 1.807) is 0 Å². The number of ether oxygens (including phenoxy) is 2. The van der Waals surface area contributed by atoms with Crippen molar-refractivity contribution in [1.29, 1.82) is 0 Å². The first-order valence-electron chi connectivity index (χ1n) is 21.3. The number of unbranched alkanes of at least 4 members (excludes halogenated alkanes) is 3. The van der Waals surface area contributed by atoms with Crippen molar-refractivity contribution in [3.05, 3.63) is 0 Å². The third-order valence-electron chi connectivity index (χ3n) is 11.5. The van der Waals surface area contributed by atoms with E-state index >= 15 is 0 Å². The summed E-state index contributed by atoms with van der Waals surface area (Å²) in [6, 6.07) is 1.37. The molecule has 0 aliphatic rings. The number of rotatable bonds is 29. The third-order valence-corrected chi connectivity index (χ3v) is 24.4. The molecule has 0 rings (SSSR count). The van der Waals surface area contributed by atoms with E-state index in [-0.39, 0.29) is 20.6 Å². The second-order valence-electron chi connectivity index (χ2n) is 19.5. The molecule has 54 heavy (non-hydrogen) atoms. The van der Waals surface area contributed by atoms with Crippen LogP contribution in [0, 0.1) is 5.41 Å². The minimum Gasteiger partial charge on any atom is -0.416 e. The Kier molecular flexibility index (Phi) is 25.6. The molecule has 0 aromatic heterocycles. The molecule has 0 saturated carbocycles. The molecule has 0 radical (unpaired) electrons. The van der Waals surface area contributed by atoms with Gasteiger partial charge in [-0.1, -0.05) is 79.5 Å². The standard InChI is InChI=1S/C42H91N2O6PSSi2/c1-21-42(32-49-53(17,18)40(11,12)13,33-50-54(19,20)41(14,15)16)28-26-24-23-25-27-38(45)52-30-29-47-39(46-22-2)31-48-51(43(34(3)4)35(5)6)44(36(7)8)37(9)10/h34-37,39H,21-33H2,1-20H3. The van der Waals surface area contributed by atoms with Gasteiger partial charge in [0, 0.05) is 61.6 Å². The van der Waals surface area contributed by atoms with Gasteiger partial charge in [0.15, 0.2) is 36.5 Å². The van der Waals surface area contributed by atoms with Crippen LogP contribution in [0.5, 0.6) is 0 Å². The van der Waals surface area contributed by atoms with Crippen LogP contribution < -0.4 is 0 Å². The van der Waals surface area contributed by atoms with Crippen LogP contribution >= 0.6 is 20.2 Å². The van der Waals surface area contributed by atoms with Crippen LogP contribution in [0.4, 0.5) is 0 Å². The minimum atomic E-state index is -1.88. The normalized spacial score (nSPS) is 14.6. The Hall–Kier alpha value is 0.604. The Morgan fingerprint density at radius 2 is 1.13 bits per heavy atom. The number of hydrogen-bond acceptors (Lipinski definition) is 9. The fraction of sp³-hybridized carbons (Fsp3) is 0.976. The highest BCUT2D eigenvalue weighted by Gasteiger charge is 2.43. The van der Waals surface area contributed by atoms with Gasteiger partial charge in [-0.25, -0.2) is 9.34 Å². The van der Waals surface area contributed by atoms with Gasteiger partial charge in [-0.2, -0.15) is 0 Å². The fourth-order valence-corrected chi connectivity index (χ4v) is 11.1. The minimum absolute atomic E-state index is 0.0213. The molecular formula is C42H91N2O6PSSi2. The fourth-order valence-electron chi connectivity index (χ4n) is 5.89. The Bertz CT molecular complexity index is 954. The summed E-state index contributed by atoms with van der Waals surface area (Å²) in [6.45, 7) is 48.4. The molecule has 0 bridgehead atoms. The van der Waals surface area contributed by atoms with E-state index in [1.165, 1.54) is 11.8 Å². The van der Waals surface area contributed by atoms with Crippen LogP contribution in [0.3, 0.4) is 0 Å². The number of carbonyl (C=O) groups excluding carboxylic acids is 1. The largest absolute Gasteiger partial charge is 0.416 e. The summed E-state index contributed by atoms with van der Waals surface area (Å²) in [5.41, 5.74) is 0.0213. The van der Waals surface area contributed by atoms with Gasteiger partial charge in [-0.3, -0.25) is 4.79 Å². The van der Waals surface area contributed by atoms with Crippen LogP contribution in [-0.4, -0.2) is 100 Å². The van der Waals surface area contributed by atoms with Crippen LogP contribution in [0.1, 0.15) is 156 Å². The van der Waals surface area contributed by atoms with E-state index < -0.39 is 31.4 Å². The van der Waals surface area contributed by atoms with Crippen molar-refractivity contribution in [2.75, 3.05) is 38.8 Å². The summed E-state index contributed by atoms with van der Waals surface area (Å²) in [5, 5.41) is 0.604. The van der Waals surface area contributed by atoms with Gasteiger partial charge < -0.3 is 22.8 Å². The molecule has 1 unspecified atom stereocenters. The zero-order valence-electron chi connectivity index (χ0n) is 39.3. The summed E-state index contributed by atoms with van der Waals surface area (Å²) in [4.78, 5) is 12.8. The van der Waals surface area contributed by atoms with E-state index in [0.29, 0.717) is 56.2 Å². The molecular weight excluding hydrogens is 748 g/mol. The lowest BCUT2D eigenvalue weighted by Gasteiger charge is -2.45. The zero-order chi connectivity index (χ0) is 42.1. The van der Waals surface area contributed by atoms with Crippen LogP contribution in [0.15, 0.2) is 0 Å². The van der Waals surface area contributed by atoms with Crippen LogP contribution in [0.25, 0.3) is 0 Å². The van der Waals surface area contributed by atoms with E-state index in [9.17, 15) is 4.79 Å². The summed E-state index contributed by atoms with van der Waals surface area (Å²) in [7, 11) is -4.79. The molecule has 0 aliphatic heterocycles. The Balaban J connectivity index is 5.07. The van der Waals surface area contributed by atoms with Gasteiger partial charge in [0.2, 0.25) is 0 Å². The van der Waals surface area contributed by atoms with Crippen LogP contribution in [0.2, 0.25) is 36.3 Å². The molecule has 324 valence electrons. The molecule has 0 amide bonds. The van der Waals surface area contributed by atoms with Gasteiger partial charge in [-0.15, -0.1) is 0 Å². The predicted molar refractivity (Wildman–Crippen MR) is 243 cm³/mol.